The highest BCUT2D eigenvalue weighted by molar-refractivity contribution is 7.12. The molecule has 24 heavy (non-hydrogen) atoms. The maximum absolute atomic E-state index is 12.5. The Labute approximate surface area is 149 Å². The number of amides is 1. The zero-order valence-corrected chi connectivity index (χ0v) is 15.0. The molecule has 3 heterocycles. The van der Waals surface area contributed by atoms with E-state index in [-0.39, 0.29) is 5.91 Å². The third-order valence-corrected chi connectivity index (χ3v) is 4.74. The molecule has 2 aromatic rings. The molecule has 0 spiro atoms. The first-order valence-corrected chi connectivity index (χ1v) is 8.53. The number of hydrogen-bond donors (Lipinski definition) is 1. The van der Waals surface area contributed by atoms with E-state index in [1.165, 1.54) is 11.3 Å². The van der Waals surface area contributed by atoms with E-state index in [0.29, 0.717) is 24.9 Å². The first kappa shape index (κ1) is 18.4. The Morgan fingerprint density at radius 1 is 1.29 bits per heavy atom. The Morgan fingerprint density at radius 2 is 2.00 bits per heavy atom. The van der Waals surface area contributed by atoms with Gasteiger partial charge in [-0.1, -0.05) is 0 Å². The number of carbonyl (C=O) groups excluding carboxylic acids is 1. The fraction of sp³-hybridized carbons (Fsp3) is 0.400. The first-order chi connectivity index (χ1) is 11.7. The fourth-order valence-corrected chi connectivity index (χ4v) is 3.34. The molecule has 1 saturated heterocycles. The molecule has 1 aliphatic rings. The molecular formula is C15H19ClN4O3S. The Bertz CT molecular complexity index is 674. The molecule has 0 atom stereocenters. The van der Waals surface area contributed by atoms with Crippen LogP contribution in [0.5, 0.6) is 5.88 Å². The molecule has 9 heteroatoms. The molecule has 0 aromatic carbocycles. The lowest BCUT2D eigenvalue weighted by Gasteiger charge is -2.34. The smallest absolute Gasteiger partial charge is 0.264 e. The number of anilines is 1. The van der Waals surface area contributed by atoms with Crippen LogP contribution in [0, 0.1) is 6.92 Å². The van der Waals surface area contributed by atoms with Crippen molar-refractivity contribution in [3.05, 3.63) is 34.2 Å². The molecule has 0 aliphatic carbocycles. The summed E-state index contributed by atoms with van der Waals surface area (Å²) in [6.07, 6.45) is 1.69. The molecule has 2 aromatic heterocycles. The minimum absolute atomic E-state index is 0.124. The number of nitrogens with zero attached hydrogens (tertiary/aromatic N) is 4. The van der Waals surface area contributed by atoms with Crippen molar-refractivity contribution in [1.29, 1.82) is 0 Å². The van der Waals surface area contributed by atoms with Crippen molar-refractivity contribution in [2.24, 2.45) is 0 Å². The largest absolute Gasteiger partial charge is 0.481 e. The molecule has 0 radical (unpaired) electrons. The lowest BCUT2D eigenvalue weighted by molar-refractivity contribution is 0.0750. The van der Waals surface area contributed by atoms with Gasteiger partial charge in [0.1, 0.15) is 0 Å². The first-order valence-electron chi connectivity index (χ1n) is 7.31. The zero-order chi connectivity index (χ0) is 17.5. The molecular weight excluding hydrogens is 352 g/mol. The van der Waals surface area contributed by atoms with Gasteiger partial charge in [0.15, 0.2) is 0 Å². The van der Waals surface area contributed by atoms with Gasteiger partial charge in [0.2, 0.25) is 11.8 Å². The molecule has 1 aliphatic heterocycles. The number of halogens is 1. The van der Waals surface area contributed by atoms with Crippen LogP contribution in [-0.4, -0.2) is 58.7 Å². The summed E-state index contributed by atoms with van der Waals surface area (Å²) < 4.78 is 11.6. The Balaban J connectivity index is 0.00000100. The predicted octanol–water partition coefficient (Wildman–Crippen LogP) is 1.95. The number of aromatic nitrogens is 2. The van der Waals surface area contributed by atoms with E-state index in [4.69, 9.17) is 9.40 Å². The van der Waals surface area contributed by atoms with E-state index in [1.807, 2.05) is 23.3 Å². The summed E-state index contributed by atoms with van der Waals surface area (Å²) in [5.41, 5.74) is 1.05. The maximum atomic E-state index is 12.5. The monoisotopic (exact) mass is 370 g/mol. The Hall–Kier alpha value is -1.90. The van der Waals surface area contributed by atoms with Crippen LogP contribution < -0.4 is 9.64 Å². The van der Waals surface area contributed by atoms with E-state index in [0.717, 1.165) is 23.5 Å². The number of piperazine rings is 1. The van der Waals surface area contributed by atoms with E-state index in [2.05, 4.69) is 26.7 Å². The number of hydrogen-bond acceptors (Lipinski definition) is 7. The Kier molecular flexibility index (Phi) is 6.77. The van der Waals surface area contributed by atoms with Gasteiger partial charge < -0.3 is 14.5 Å². The van der Waals surface area contributed by atoms with Crippen LogP contribution in [-0.2, 0) is 0 Å². The van der Waals surface area contributed by atoms with Gasteiger partial charge in [0, 0.05) is 38.4 Å². The third kappa shape index (κ3) is 4.14. The molecule has 7 nitrogen and oxygen atoms in total. The number of rotatable bonds is 3. The number of carbonyl (C=O) groups is 1. The van der Waals surface area contributed by atoms with Crippen LogP contribution in [0.1, 0.15) is 15.2 Å². The van der Waals surface area contributed by atoms with Gasteiger partial charge in [0.25, 0.3) is 5.91 Å². The zero-order valence-electron chi connectivity index (χ0n) is 13.5. The summed E-state index contributed by atoms with van der Waals surface area (Å²) in [4.78, 5) is 25.9. The van der Waals surface area contributed by atoms with Gasteiger partial charge in [-0.05, 0) is 23.9 Å². The number of methoxy groups -OCH3 is 1. The van der Waals surface area contributed by atoms with Gasteiger partial charge in [-0.25, -0.2) is 4.98 Å². The van der Waals surface area contributed by atoms with Crippen LogP contribution in [0.25, 0.3) is 0 Å². The summed E-state index contributed by atoms with van der Waals surface area (Å²) in [5, 5.41) is 1.96. The summed E-state index contributed by atoms with van der Waals surface area (Å²) >= 11 is 5.15. The summed E-state index contributed by atoms with van der Waals surface area (Å²) in [5.74, 6) is 1.33. The second-order valence-corrected chi connectivity index (χ2v) is 6.03. The molecule has 1 amide bonds. The fourth-order valence-electron chi connectivity index (χ4n) is 2.44. The van der Waals surface area contributed by atoms with Crippen molar-refractivity contribution >= 4 is 35.1 Å². The third-order valence-electron chi connectivity index (χ3n) is 3.73. The van der Waals surface area contributed by atoms with Crippen LogP contribution in [0.15, 0.2) is 23.7 Å². The molecule has 0 unspecified atom stereocenters. The van der Waals surface area contributed by atoms with Crippen molar-refractivity contribution in [2.75, 3.05) is 38.2 Å². The number of thiophene rings is 1. The minimum Gasteiger partial charge on any atom is -0.481 e. The van der Waals surface area contributed by atoms with Crippen LogP contribution in [0.3, 0.4) is 0 Å². The second kappa shape index (κ2) is 8.81. The number of aryl methyl sites for hydroxylation is 1. The van der Waals surface area contributed by atoms with Crippen molar-refractivity contribution in [2.45, 2.75) is 6.92 Å². The van der Waals surface area contributed by atoms with Gasteiger partial charge >= 0.3 is 0 Å². The highest BCUT2D eigenvalue weighted by Gasteiger charge is 2.25. The molecule has 1 N–H and O–H groups in total. The average molecular weight is 371 g/mol. The maximum Gasteiger partial charge on any atom is 0.264 e. The normalized spacial score (nSPS) is 14.0. The minimum atomic E-state index is 0.124. The summed E-state index contributed by atoms with van der Waals surface area (Å²) in [6, 6.07) is 3.71. The van der Waals surface area contributed by atoms with Crippen LogP contribution in [0.4, 0.5) is 5.95 Å². The highest BCUT2D eigenvalue weighted by Crippen LogP contribution is 2.20. The SMILES string of the molecule is COc1ccnc(N2CCN(C(=O)c3sccc3C)CC2)n1.OCl. The van der Waals surface area contributed by atoms with E-state index in [9.17, 15) is 4.79 Å². The van der Waals surface area contributed by atoms with Crippen molar-refractivity contribution in [1.82, 2.24) is 14.9 Å². The predicted molar refractivity (Wildman–Crippen MR) is 93.8 cm³/mol. The molecule has 3 rings (SSSR count). The second-order valence-electron chi connectivity index (χ2n) is 5.11. The van der Waals surface area contributed by atoms with Gasteiger partial charge in [-0.15, -0.1) is 11.3 Å². The summed E-state index contributed by atoms with van der Waals surface area (Å²) in [6.45, 7) is 4.78. The van der Waals surface area contributed by atoms with Crippen molar-refractivity contribution < 1.29 is 14.2 Å². The standard InChI is InChI=1S/C15H18N4O2S.ClHO/c1-11-4-10-22-13(11)14(20)18-6-8-19(9-7-18)15-16-5-3-12(17-15)21-2;1-2/h3-5,10H,6-9H2,1-2H3;2H. The topological polar surface area (TPSA) is 78.8 Å². The van der Waals surface area contributed by atoms with Gasteiger partial charge in [-0.3, -0.25) is 9.45 Å². The molecule has 1 fully saturated rings. The number of ether oxygens (including phenoxy) is 1. The van der Waals surface area contributed by atoms with Crippen molar-refractivity contribution in [3.8, 4) is 5.88 Å². The van der Waals surface area contributed by atoms with E-state index < -0.39 is 0 Å². The molecule has 0 saturated carbocycles. The average Bonchev–Trinajstić information content (AvgIpc) is 3.09. The quantitative estimate of drug-likeness (QED) is 0.889. The summed E-state index contributed by atoms with van der Waals surface area (Å²) in [7, 11) is 1.59. The highest BCUT2D eigenvalue weighted by atomic mass is 35.5. The van der Waals surface area contributed by atoms with Crippen molar-refractivity contribution in [3.63, 3.8) is 0 Å². The lowest BCUT2D eigenvalue weighted by Crippen LogP contribution is -2.49. The molecule has 0 bridgehead atoms. The van der Waals surface area contributed by atoms with Crippen LogP contribution in [0.2, 0.25) is 0 Å². The van der Waals surface area contributed by atoms with Gasteiger partial charge in [0.05, 0.1) is 23.9 Å². The molecule has 130 valence electrons. The van der Waals surface area contributed by atoms with E-state index in [1.54, 1.807) is 19.4 Å². The van der Waals surface area contributed by atoms with Gasteiger partial charge in [-0.2, -0.15) is 4.98 Å². The Morgan fingerprint density at radius 3 is 2.58 bits per heavy atom. The lowest BCUT2D eigenvalue weighted by atomic mass is 10.2. The van der Waals surface area contributed by atoms with Crippen LogP contribution >= 0.6 is 23.2 Å². The van der Waals surface area contributed by atoms with E-state index >= 15 is 0 Å².